The van der Waals surface area contributed by atoms with E-state index < -0.39 is 5.97 Å². The molecule has 20 heavy (non-hydrogen) atoms. The van der Waals surface area contributed by atoms with E-state index in [1.807, 2.05) is 20.9 Å². The Morgan fingerprint density at radius 3 is 2.35 bits per heavy atom. The van der Waals surface area contributed by atoms with Gasteiger partial charge in [-0.15, -0.1) is 0 Å². The molecule has 0 unspecified atom stereocenters. The smallest absolute Gasteiger partial charge is 0.300 e. The third-order valence-electron chi connectivity index (χ3n) is 3.25. The van der Waals surface area contributed by atoms with E-state index in [2.05, 4.69) is 15.6 Å². The molecule has 0 aromatic carbocycles. The highest BCUT2D eigenvalue weighted by Crippen LogP contribution is 2.26. The van der Waals surface area contributed by atoms with Crippen molar-refractivity contribution in [3.05, 3.63) is 0 Å². The fourth-order valence-corrected chi connectivity index (χ4v) is 2.46. The number of aliphatic carboxylic acids is 1. The van der Waals surface area contributed by atoms with Crippen molar-refractivity contribution < 1.29 is 9.90 Å². The Balaban J connectivity index is 0.000000444. The summed E-state index contributed by atoms with van der Waals surface area (Å²) in [5, 5.41) is 13.8. The number of guanidine groups is 1. The molecular formula is C14H26N4O2. The van der Waals surface area contributed by atoms with E-state index >= 15 is 0 Å². The van der Waals surface area contributed by atoms with Crippen molar-refractivity contribution in [2.45, 2.75) is 58.5 Å². The molecular weight excluding hydrogens is 256 g/mol. The van der Waals surface area contributed by atoms with Gasteiger partial charge in [0, 0.05) is 19.9 Å². The van der Waals surface area contributed by atoms with Crippen LogP contribution in [-0.2, 0) is 4.79 Å². The molecule has 2 rings (SSSR count). The van der Waals surface area contributed by atoms with Gasteiger partial charge in [0.1, 0.15) is 11.5 Å². The summed E-state index contributed by atoms with van der Waals surface area (Å²) in [4.78, 5) is 18.2. The van der Waals surface area contributed by atoms with Crippen molar-refractivity contribution in [1.29, 1.82) is 0 Å². The summed E-state index contributed by atoms with van der Waals surface area (Å²) >= 11 is 0. The summed E-state index contributed by atoms with van der Waals surface area (Å²) in [6.07, 6.45) is 6.56. The minimum Gasteiger partial charge on any atom is -0.481 e. The predicted octanol–water partition coefficient (Wildman–Crippen LogP) is 1.97. The van der Waals surface area contributed by atoms with Gasteiger partial charge in [-0.2, -0.15) is 0 Å². The van der Waals surface area contributed by atoms with Crippen LogP contribution in [0, 0.1) is 5.92 Å². The lowest BCUT2D eigenvalue weighted by Gasteiger charge is -2.31. The fourth-order valence-electron chi connectivity index (χ4n) is 2.46. The first-order chi connectivity index (χ1) is 9.34. The maximum atomic E-state index is 9.00. The average molecular weight is 282 g/mol. The maximum absolute atomic E-state index is 9.00. The van der Waals surface area contributed by atoms with E-state index in [-0.39, 0.29) is 5.66 Å². The summed E-state index contributed by atoms with van der Waals surface area (Å²) in [7, 11) is 1.89. The van der Waals surface area contributed by atoms with Gasteiger partial charge in [0.25, 0.3) is 5.97 Å². The molecule has 1 saturated carbocycles. The summed E-state index contributed by atoms with van der Waals surface area (Å²) in [5.41, 5.74) is -0.323. The molecule has 1 heterocycles. The standard InChI is InChI=1S/C12H22N4.C2H4O2/c1-12(2)15-10(14-11(13-3)16-12)9-7-5-4-6-8-9;1-2(3)4/h9H,4-8H2,1-3H3,(H2,13,14,15,16);1H3,(H,3,4). The summed E-state index contributed by atoms with van der Waals surface area (Å²) < 4.78 is 0. The minimum atomic E-state index is -0.833. The summed E-state index contributed by atoms with van der Waals surface area (Å²) in [6, 6.07) is 0. The minimum absolute atomic E-state index is 0.323. The molecule has 0 aromatic heterocycles. The van der Waals surface area contributed by atoms with Gasteiger partial charge in [-0.3, -0.25) is 4.79 Å². The van der Waals surface area contributed by atoms with E-state index in [1.54, 1.807) is 0 Å². The van der Waals surface area contributed by atoms with Crippen molar-refractivity contribution >= 4 is 17.8 Å². The molecule has 1 fully saturated rings. The van der Waals surface area contributed by atoms with Crippen LogP contribution >= 0.6 is 0 Å². The molecule has 0 radical (unpaired) electrons. The molecule has 0 atom stereocenters. The number of nitrogens with one attached hydrogen (secondary N) is 2. The second-order valence-corrected chi connectivity index (χ2v) is 5.68. The van der Waals surface area contributed by atoms with Crippen LogP contribution in [0.4, 0.5) is 0 Å². The van der Waals surface area contributed by atoms with E-state index in [0.717, 1.165) is 18.7 Å². The van der Waals surface area contributed by atoms with Gasteiger partial charge < -0.3 is 15.7 Å². The Bertz CT molecular complexity index is 392. The first kappa shape index (κ1) is 16.5. The zero-order chi connectivity index (χ0) is 15.2. The monoisotopic (exact) mass is 282 g/mol. The molecule has 6 nitrogen and oxygen atoms in total. The van der Waals surface area contributed by atoms with Crippen LogP contribution in [-0.4, -0.2) is 35.6 Å². The topological polar surface area (TPSA) is 86.1 Å². The van der Waals surface area contributed by atoms with Crippen molar-refractivity contribution in [3.63, 3.8) is 0 Å². The molecule has 0 saturated heterocycles. The lowest BCUT2D eigenvalue weighted by atomic mass is 9.88. The third kappa shape index (κ3) is 5.59. The van der Waals surface area contributed by atoms with Crippen LogP contribution in [0.25, 0.3) is 0 Å². The Morgan fingerprint density at radius 2 is 1.85 bits per heavy atom. The molecule has 0 spiro atoms. The molecule has 0 amide bonds. The molecule has 114 valence electrons. The Morgan fingerprint density at radius 1 is 1.30 bits per heavy atom. The van der Waals surface area contributed by atoms with Crippen LogP contribution in [0.2, 0.25) is 0 Å². The number of carbonyl (C=O) groups is 1. The van der Waals surface area contributed by atoms with E-state index in [4.69, 9.17) is 14.9 Å². The molecule has 0 aromatic rings. The zero-order valence-corrected chi connectivity index (χ0v) is 12.9. The maximum Gasteiger partial charge on any atom is 0.300 e. The molecule has 3 N–H and O–H groups in total. The van der Waals surface area contributed by atoms with Gasteiger partial charge in [-0.05, 0) is 26.7 Å². The molecule has 1 aliphatic carbocycles. The second kappa shape index (κ2) is 7.26. The van der Waals surface area contributed by atoms with Crippen molar-refractivity contribution in [1.82, 2.24) is 10.6 Å². The van der Waals surface area contributed by atoms with Gasteiger partial charge in [-0.25, -0.2) is 9.98 Å². The third-order valence-corrected chi connectivity index (χ3v) is 3.25. The van der Waals surface area contributed by atoms with Crippen molar-refractivity contribution in [2.75, 3.05) is 7.05 Å². The van der Waals surface area contributed by atoms with Gasteiger partial charge in [0.2, 0.25) is 0 Å². The van der Waals surface area contributed by atoms with E-state index in [1.165, 1.54) is 32.1 Å². The first-order valence-corrected chi connectivity index (χ1v) is 7.18. The first-order valence-electron chi connectivity index (χ1n) is 7.18. The van der Waals surface area contributed by atoms with E-state index in [9.17, 15) is 0 Å². The van der Waals surface area contributed by atoms with Crippen LogP contribution in [0.1, 0.15) is 52.9 Å². The highest BCUT2D eigenvalue weighted by Gasteiger charge is 2.27. The average Bonchev–Trinajstić information content (AvgIpc) is 2.37. The van der Waals surface area contributed by atoms with Crippen LogP contribution in [0.3, 0.4) is 0 Å². The normalized spacial score (nSPS) is 21.6. The molecule has 0 bridgehead atoms. The molecule has 1 aliphatic heterocycles. The number of carboxylic acid groups (broad SMARTS) is 1. The molecule has 6 heteroatoms. The summed E-state index contributed by atoms with van der Waals surface area (Å²) in [5.74, 6) is 1.75. The number of hydrogen-bond acceptors (Lipinski definition) is 5. The van der Waals surface area contributed by atoms with Crippen LogP contribution in [0.15, 0.2) is 9.98 Å². The Kier molecular flexibility index (Phi) is 5.98. The quantitative estimate of drug-likeness (QED) is 0.686. The largest absolute Gasteiger partial charge is 0.481 e. The number of hydrogen-bond donors (Lipinski definition) is 3. The lowest BCUT2D eigenvalue weighted by molar-refractivity contribution is -0.134. The summed E-state index contributed by atoms with van der Waals surface area (Å²) in [6.45, 7) is 5.18. The number of aliphatic imine (C=N–C) groups is 2. The fraction of sp³-hybridized carbons (Fsp3) is 0.786. The second-order valence-electron chi connectivity index (χ2n) is 5.68. The van der Waals surface area contributed by atoms with Gasteiger partial charge >= 0.3 is 0 Å². The SMILES string of the molecule is CC(=O)O.CNC1=NC(C)(C)N=C(C2CCCCC2)N1. The highest BCUT2D eigenvalue weighted by molar-refractivity contribution is 6.02. The number of rotatable bonds is 1. The predicted molar refractivity (Wildman–Crippen MR) is 81.0 cm³/mol. The number of nitrogens with zero attached hydrogens (tertiary/aromatic N) is 2. The van der Waals surface area contributed by atoms with Gasteiger partial charge in [0.15, 0.2) is 5.96 Å². The lowest BCUT2D eigenvalue weighted by Crippen LogP contribution is -2.48. The molecule has 2 aliphatic rings. The number of carboxylic acids is 1. The van der Waals surface area contributed by atoms with Gasteiger partial charge in [0.05, 0.1) is 0 Å². The van der Waals surface area contributed by atoms with Crippen LogP contribution < -0.4 is 10.6 Å². The highest BCUT2D eigenvalue weighted by atomic mass is 16.4. The van der Waals surface area contributed by atoms with Crippen LogP contribution in [0.5, 0.6) is 0 Å². The number of amidine groups is 1. The van der Waals surface area contributed by atoms with Gasteiger partial charge in [-0.1, -0.05) is 19.3 Å². The Hall–Kier alpha value is -1.59. The van der Waals surface area contributed by atoms with E-state index in [0.29, 0.717) is 5.92 Å². The Labute approximate surface area is 120 Å². The zero-order valence-electron chi connectivity index (χ0n) is 12.9. The van der Waals surface area contributed by atoms with Crippen molar-refractivity contribution in [3.8, 4) is 0 Å². The van der Waals surface area contributed by atoms with Crippen molar-refractivity contribution in [2.24, 2.45) is 15.9 Å².